The topological polar surface area (TPSA) is 38.8 Å². The van der Waals surface area contributed by atoms with Crippen molar-refractivity contribution in [2.75, 3.05) is 32.9 Å². The van der Waals surface area contributed by atoms with Crippen LogP contribution in [0.1, 0.15) is 0 Å². The normalized spacial score (nSPS) is 15.6. The van der Waals surface area contributed by atoms with Crippen molar-refractivity contribution in [2.24, 2.45) is 0 Å². The van der Waals surface area contributed by atoms with Crippen LogP contribution < -0.4 is 4.74 Å². The van der Waals surface area contributed by atoms with Crippen molar-refractivity contribution in [3.8, 4) is 5.75 Å². The zero-order valence-electron chi connectivity index (χ0n) is 9.70. The molecule has 0 N–H and O–H groups in total. The van der Waals surface area contributed by atoms with E-state index >= 15 is 0 Å². The fraction of sp³-hybridized carbons (Fsp3) is 0.417. The van der Waals surface area contributed by atoms with Gasteiger partial charge in [-0.15, -0.1) is 0 Å². The van der Waals surface area contributed by atoms with Gasteiger partial charge in [-0.2, -0.15) is 0 Å². The quantitative estimate of drug-likeness (QED) is 0.853. The lowest BCUT2D eigenvalue weighted by atomic mass is 10.3. The van der Waals surface area contributed by atoms with E-state index in [-0.39, 0.29) is 12.5 Å². The molecule has 1 aromatic carbocycles. The minimum Gasteiger partial charge on any atom is -0.482 e. The molecule has 1 fully saturated rings. The Hall–Kier alpha value is -1.14. The van der Waals surface area contributed by atoms with Crippen molar-refractivity contribution in [2.45, 2.75) is 0 Å². The molecule has 1 saturated heterocycles. The number of nitrogens with zero attached hydrogens (tertiary/aromatic N) is 1. The molecule has 1 amide bonds. The van der Waals surface area contributed by atoms with Crippen LogP contribution in [0, 0.1) is 5.82 Å². The monoisotopic (exact) mass is 317 g/mol. The molecule has 4 nitrogen and oxygen atoms in total. The zero-order valence-corrected chi connectivity index (χ0v) is 11.3. The lowest BCUT2D eigenvalue weighted by Crippen LogP contribution is -2.43. The number of hydrogen-bond donors (Lipinski definition) is 0. The largest absolute Gasteiger partial charge is 0.482 e. The van der Waals surface area contributed by atoms with E-state index in [4.69, 9.17) is 9.47 Å². The fourth-order valence-corrected chi connectivity index (χ4v) is 1.99. The van der Waals surface area contributed by atoms with E-state index in [9.17, 15) is 9.18 Å². The molecule has 6 heteroatoms. The van der Waals surface area contributed by atoms with E-state index < -0.39 is 5.82 Å². The van der Waals surface area contributed by atoms with Gasteiger partial charge in [0.25, 0.3) is 5.91 Å². The van der Waals surface area contributed by atoms with Gasteiger partial charge in [0.05, 0.1) is 17.7 Å². The molecule has 1 aromatic rings. The van der Waals surface area contributed by atoms with Crippen LogP contribution in [-0.2, 0) is 9.53 Å². The van der Waals surface area contributed by atoms with Crippen LogP contribution in [0.15, 0.2) is 22.7 Å². The molecule has 0 aliphatic carbocycles. The summed E-state index contributed by atoms with van der Waals surface area (Å²) in [6, 6.07) is 4.11. The molecule has 0 atom stereocenters. The first-order valence-corrected chi connectivity index (χ1v) is 6.39. The number of amides is 1. The molecule has 2 rings (SSSR count). The lowest BCUT2D eigenvalue weighted by molar-refractivity contribution is -0.137. The van der Waals surface area contributed by atoms with Gasteiger partial charge in [0, 0.05) is 19.2 Å². The summed E-state index contributed by atoms with van der Waals surface area (Å²) in [5, 5.41) is 0. The third-order valence-corrected chi connectivity index (χ3v) is 3.26. The highest BCUT2D eigenvalue weighted by atomic mass is 79.9. The zero-order chi connectivity index (χ0) is 13.0. The highest BCUT2D eigenvalue weighted by Gasteiger charge is 2.17. The van der Waals surface area contributed by atoms with E-state index in [1.54, 1.807) is 11.0 Å². The summed E-state index contributed by atoms with van der Waals surface area (Å²) >= 11 is 3.24. The van der Waals surface area contributed by atoms with Gasteiger partial charge < -0.3 is 14.4 Å². The maximum atomic E-state index is 13.0. The lowest BCUT2D eigenvalue weighted by Gasteiger charge is -2.26. The number of morpholine rings is 1. The summed E-state index contributed by atoms with van der Waals surface area (Å²) in [6.07, 6.45) is 0. The molecule has 0 bridgehead atoms. The average Bonchev–Trinajstić information content (AvgIpc) is 2.40. The van der Waals surface area contributed by atoms with Crippen LogP contribution in [0.3, 0.4) is 0 Å². The molecule has 0 spiro atoms. The summed E-state index contributed by atoms with van der Waals surface area (Å²) in [4.78, 5) is 13.5. The summed E-state index contributed by atoms with van der Waals surface area (Å²) in [5.41, 5.74) is 0. The maximum absolute atomic E-state index is 13.0. The Bertz CT molecular complexity index is 435. The molecule has 98 valence electrons. The standard InChI is InChI=1S/C12H13BrFNO3/c13-10-2-1-9(14)7-11(10)18-8-12(16)15-3-5-17-6-4-15/h1-2,7H,3-6,8H2. The Labute approximate surface area is 113 Å². The van der Waals surface area contributed by atoms with Gasteiger partial charge in [0.2, 0.25) is 0 Å². The van der Waals surface area contributed by atoms with Crippen molar-refractivity contribution < 1.29 is 18.7 Å². The van der Waals surface area contributed by atoms with Gasteiger partial charge in [-0.3, -0.25) is 4.79 Å². The Morgan fingerprint density at radius 2 is 2.17 bits per heavy atom. The van der Waals surface area contributed by atoms with E-state index in [1.807, 2.05) is 0 Å². The number of halogens is 2. The molecule has 18 heavy (non-hydrogen) atoms. The first-order valence-electron chi connectivity index (χ1n) is 5.60. The van der Waals surface area contributed by atoms with E-state index in [0.717, 1.165) is 0 Å². The highest BCUT2D eigenvalue weighted by Crippen LogP contribution is 2.25. The van der Waals surface area contributed by atoms with Crippen LogP contribution in [0.5, 0.6) is 5.75 Å². The third kappa shape index (κ3) is 3.43. The number of ether oxygens (including phenoxy) is 2. The second-order valence-electron chi connectivity index (χ2n) is 3.86. The predicted octanol–water partition coefficient (Wildman–Crippen LogP) is 1.83. The Balaban J connectivity index is 1.90. The van der Waals surface area contributed by atoms with Crippen molar-refractivity contribution in [3.63, 3.8) is 0 Å². The molecule has 0 radical (unpaired) electrons. The molecular formula is C12H13BrFNO3. The molecule has 1 heterocycles. The summed E-state index contributed by atoms with van der Waals surface area (Å²) < 4.78 is 24.1. The van der Waals surface area contributed by atoms with Crippen LogP contribution in [-0.4, -0.2) is 43.7 Å². The molecule has 1 aliphatic rings. The minimum atomic E-state index is -0.396. The van der Waals surface area contributed by atoms with Gasteiger partial charge in [-0.05, 0) is 28.1 Å². The smallest absolute Gasteiger partial charge is 0.260 e. The van der Waals surface area contributed by atoms with E-state index in [2.05, 4.69) is 15.9 Å². The fourth-order valence-electron chi connectivity index (χ4n) is 1.63. The minimum absolute atomic E-state index is 0.0952. The van der Waals surface area contributed by atoms with Crippen LogP contribution in [0.2, 0.25) is 0 Å². The van der Waals surface area contributed by atoms with Gasteiger partial charge in [0.15, 0.2) is 6.61 Å². The molecule has 1 aliphatic heterocycles. The molecular weight excluding hydrogens is 305 g/mol. The van der Waals surface area contributed by atoms with Crippen molar-refractivity contribution >= 4 is 21.8 Å². The Morgan fingerprint density at radius 3 is 2.89 bits per heavy atom. The summed E-state index contributed by atoms with van der Waals surface area (Å²) in [5.74, 6) is -0.182. The maximum Gasteiger partial charge on any atom is 0.260 e. The van der Waals surface area contributed by atoms with Crippen LogP contribution >= 0.6 is 15.9 Å². The van der Waals surface area contributed by atoms with Crippen molar-refractivity contribution in [1.29, 1.82) is 0 Å². The van der Waals surface area contributed by atoms with Gasteiger partial charge in [-0.25, -0.2) is 4.39 Å². The summed E-state index contributed by atoms with van der Waals surface area (Å²) in [7, 11) is 0. The number of benzene rings is 1. The van der Waals surface area contributed by atoms with Gasteiger partial charge >= 0.3 is 0 Å². The number of rotatable bonds is 3. The highest BCUT2D eigenvalue weighted by molar-refractivity contribution is 9.10. The number of carbonyl (C=O) groups excluding carboxylic acids is 1. The van der Waals surface area contributed by atoms with E-state index in [0.29, 0.717) is 36.5 Å². The van der Waals surface area contributed by atoms with Crippen LogP contribution in [0.4, 0.5) is 4.39 Å². The second kappa shape index (κ2) is 6.15. The predicted molar refractivity (Wildman–Crippen MR) is 67.0 cm³/mol. The summed E-state index contributed by atoms with van der Waals surface area (Å²) in [6.45, 7) is 2.16. The van der Waals surface area contributed by atoms with Gasteiger partial charge in [-0.1, -0.05) is 0 Å². The van der Waals surface area contributed by atoms with Crippen molar-refractivity contribution in [3.05, 3.63) is 28.5 Å². The number of carbonyl (C=O) groups is 1. The van der Waals surface area contributed by atoms with E-state index in [1.165, 1.54) is 12.1 Å². The van der Waals surface area contributed by atoms with Gasteiger partial charge in [0.1, 0.15) is 11.6 Å². The first-order chi connectivity index (χ1) is 8.66. The molecule has 0 unspecified atom stereocenters. The second-order valence-corrected chi connectivity index (χ2v) is 4.71. The van der Waals surface area contributed by atoms with Crippen molar-refractivity contribution in [1.82, 2.24) is 4.90 Å². The Kier molecular flexibility index (Phi) is 4.54. The van der Waals surface area contributed by atoms with Crippen LogP contribution in [0.25, 0.3) is 0 Å². The average molecular weight is 318 g/mol. The third-order valence-electron chi connectivity index (χ3n) is 2.61. The molecule has 0 saturated carbocycles. The first kappa shape index (κ1) is 13.3. The Morgan fingerprint density at radius 1 is 1.44 bits per heavy atom. The molecule has 0 aromatic heterocycles. The SMILES string of the molecule is O=C(COc1cc(F)ccc1Br)N1CCOCC1. The number of hydrogen-bond acceptors (Lipinski definition) is 3.